The van der Waals surface area contributed by atoms with Crippen molar-refractivity contribution in [1.82, 2.24) is 15.1 Å². The van der Waals surface area contributed by atoms with Crippen LogP contribution in [0.3, 0.4) is 0 Å². The Hall–Kier alpha value is -0.610. The molecule has 1 unspecified atom stereocenters. The monoisotopic (exact) mass is 241 g/mol. The van der Waals surface area contributed by atoms with Crippen LogP contribution >= 0.6 is 0 Å². The molecule has 1 amide bonds. The highest BCUT2D eigenvalue weighted by Gasteiger charge is 2.30. The third-order valence-corrected chi connectivity index (χ3v) is 3.12. The van der Waals surface area contributed by atoms with Gasteiger partial charge in [0.05, 0.1) is 6.04 Å². The van der Waals surface area contributed by atoms with Crippen molar-refractivity contribution >= 4 is 5.91 Å². The second kappa shape index (κ2) is 6.97. The molecule has 0 saturated carbocycles. The van der Waals surface area contributed by atoms with Crippen molar-refractivity contribution in [1.29, 1.82) is 0 Å². The van der Waals surface area contributed by atoms with Crippen LogP contribution in [0.5, 0.6) is 0 Å². The maximum absolute atomic E-state index is 12.0. The third kappa shape index (κ3) is 5.04. The number of nitrogens with zero attached hydrogens (tertiary/aromatic N) is 2. The highest BCUT2D eigenvalue weighted by atomic mass is 16.2. The van der Waals surface area contributed by atoms with Crippen LogP contribution in [-0.4, -0.2) is 61.5 Å². The Bertz CT molecular complexity index is 241. The van der Waals surface area contributed by atoms with Crippen LogP contribution in [0.2, 0.25) is 0 Å². The van der Waals surface area contributed by atoms with Crippen molar-refractivity contribution in [3.8, 4) is 0 Å². The summed E-state index contributed by atoms with van der Waals surface area (Å²) >= 11 is 0. The van der Waals surface area contributed by atoms with Crippen molar-refractivity contribution in [2.75, 3.05) is 33.7 Å². The zero-order valence-electron chi connectivity index (χ0n) is 11.7. The molecule has 0 radical (unpaired) electrons. The van der Waals surface area contributed by atoms with Crippen LogP contribution in [-0.2, 0) is 4.79 Å². The summed E-state index contributed by atoms with van der Waals surface area (Å²) in [6, 6.07) is 0.446. The van der Waals surface area contributed by atoms with Crippen LogP contribution in [0.25, 0.3) is 0 Å². The molecule has 0 aromatic rings. The topological polar surface area (TPSA) is 35.6 Å². The first kappa shape index (κ1) is 14.5. The minimum absolute atomic E-state index is 0.0591. The molecule has 0 aliphatic carbocycles. The average Bonchev–Trinajstić information content (AvgIpc) is 2.55. The molecule has 17 heavy (non-hydrogen) atoms. The quantitative estimate of drug-likeness (QED) is 0.674. The first-order valence-corrected chi connectivity index (χ1v) is 6.70. The number of hydrogen-bond acceptors (Lipinski definition) is 3. The zero-order valence-corrected chi connectivity index (χ0v) is 11.7. The van der Waals surface area contributed by atoms with Gasteiger partial charge >= 0.3 is 0 Å². The number of unbranched alkanes of at least 4 members (excludes halogenated alkanes) is 1. The molecule has 1 aliphatic rings. The molecule has 0 aromatic heterocycles. The van der Waals surface area contributed by atoms with Gasteiger partial charge in [-0.25, -0.2) is 0 Å². The van der Waals surface area contributed by atoms with Gasteiger partial charge in [-0.15, -0.1) is 0 Å². The van der Waals surface area contributed by atoms with Gasteiger partial charge in [0.25, 0.3) is 0 Å². The Labute approximate surface area is 105 Å². The van der Waals surface area contributed by atoms with Gasteiger partial charge in [0.2, 0.25) is 5.91 Å². The Morgan fingerprint density at radius 3 is 2.71 bits per heavy atom. The SMILES string of the molecule is CC(C)NC1CCN(CCCCN(C)C)C1=O. The molecule has 0 bridgehead atoms. The van der Waals surface area contributed by atoms with E-state index >= 15 is 0 Å². The van der Waals surface area contributed by atoms with E-state index in [1.165, 1.54) is 6.42 Å². The first-order valence-electron chi connectivity index (χ1n) is 6.70. The minimum atomic E-state index is 0.0591. The highest BCUT2D eigenvalue weighted by Crippen LogP contribution is 2.12. The maximum atomic E-state index is 12.0. The van der Waals surface area contributed by atoms with Gasteiger partial charge in [-0.05, 0) is 39.9 Å². The predicted molar refractivity (Wildman–Crippen MR) is 71.0 cm³/mol. The summed E-state index contributed by atoms with van der Waals surface area (Å²) in [7, 11) is 4.17. The molecule has 0 spiro atoms. The third-order valence-electron chi connectivity index (χ3n) is 3.12. The Morgan fingerprint density at radius 1 is 1.41 bits per heavy atom. The van der Waals surface area contributed by atoms with E-state index in [2.05, 4.69) is 38.2 Å². The lowest BCUT2D eigenvalue weighted by Gasteiger charge is -2.18. The molecule has 1 saturated heterocycles. The standard InChI is InChI=1S/C13H27N3O/c1-11(2)14-12-7-10-16(13(12)17)9-6-5-8-15(3)4/h11-12,14H,5-10H2,1-4H3. The number of hydrogen-bond donors (Lipinski definition) is 1. The van der Waals surface area contributed by atoms with Crippen LogP contribution in [0, 0.1) is 0 Å². The van der Waals surface area contributed by atoms with E-state index in [0.29, 0.717) is 11.9 Å². The molecule has 1 atom stereocenters. The second-order valence-corrected chi connectivity index (χ2v) is 5.50. The van der Waals surface area contributed by atoms with Gasteiger partial charge in [-0.3, -0.25) is 4.79 Å². The molecule has 1 aliphatic heterocycles. The minimum Gasteiger partial charge on any atom is -0.341 e. The summed E-state index contributed by atoms with van der Waals surface area (Å²) < 4.78 is 0. The normalized spacial score (nSPS) is 20.9. The number of carbonyl (C=O) groups excluding carboxylic acids is 1. The van der Waals surface area contributed by atoms with E-state index in [-0.39, 0.29) is 6.04 Å². The lowest BCUT2D eigenvalue weighted by atomic mass is 10.2. The number of amides is 1. The second-order valence-electron chi connectivity index (χ2n) is 5.50. The summed E-state index contributed by atoms with van der Waals surface area (Å²) in [5, 5.41) is 3.33. The number of likely N-dealkylation sites (tertiary alicyclic amines) is 1. The molecule has 0 aromatic carbocycles. The predicted octanol–water partition coefficient (Wildman–Crippen LogP) is 0.927. The fourth-order valence-corrected chi connectivity index (χ4v) is 2.25. The maximum Gasteiger partial charge on any atom is 0.239 e. The van der Waals surface area contributed by atoms with Crippen molar-refractivity contribution < 1.29 is 4.79 Å². The molecule has 1 rings (SSSR count). The van der Waals surface area contributed by atoms with E-state index < -0.39 is 0 Å². The van der Waals surface area contributed by atoms with Crippen LogP contribution in [0.15, 0.2) is 0 Å². The average molecular weight is 241 g/mol. The molecule has 100 valence electrons. The van der Waals surface area contributed by atoms with Crippen molar-refractivity contribution in [2.45, 2.75) is 45.2 Å². The van der Waals surface area contributed by atoms with Crippen molar-refractivity contribution in [3.63, 3.8) is 0 Å². The molecular formula is C13H27N3O. The van der Waals surface area contributed by atoms with Crippen molar-refractivity contribution in [2.24, 2.45) is 0 Å². The van der Waals surface area contributed by atoms with Gasteiger partial charge in [0.15, 0.2) is 0 Å². The molecule has 4 heteroatoms. The number of nitrogens with one attached hydrogen (secondary N) is 1. The highest BCUT2D eigenvalue weighted by molar-refractivity contribution is 5.83. The Balaban J connectivity index is 2.21. The fourth-order valence-electron chi connectivity index (χ4n) is 2.25. The number of rotatable bonds is 7. The van der Waals surface area contributed by atoms with Crippen LogP contribution < -0.4 is 5.32 Å². The Morgan fingerprint density at radius 2 is 2.12 bits per heavy atom. The van der Waals surface area contributed by atoms with Gasteiger partial charge in [-0.2, -0.15) is 0 Å². The van der Waals surface area contributed by atoms with E-state index in [4.69, 9.17) is 0 Å². The molecule has 4 nitrogen and oxygen atoms in total. The fraction of sp³-hybridized carbons (Fsp3) is 0.923. The van der Waals surface area contributed by atoms with Gasteiger partial charge < -0.3 is 15.1 Å². The smallest absolute Gasteiger partial charge is 0.239 e. The summed E-state index contributed by atoms with van der Waals surface area (Å²) in [6.45, 7) is 7.13. The first-order chi connectivity index (χ1) is 8.00. The molecule has 1 N–H and O–H groups in total. The summed E-state index contributed by atoms with van der Waals surface area (Å²) in [4.78, 5) is 16.2. The Kier molecular flexibility index (Phi) is 5.92. The van der Waals surface area contributed by atoms with E-state index in [1.54, 1.807) is 0 Å². The summed E-state index contributed by atoms with van der Waals surface area (Å²) in [5.74, 6) is 0.295. The summed E-state index contributed by atoms with van der Waals surface area (Å²) in [5.41, 5.74) is 0. The van der Waals surface area contributed by atoms with E-state index in [9.17, 15) is 4.79 Å². The molecular weight excluding hydrogens is 214 g/mol. The van der Waals surface area contributed by atoms with Gasteiger partial charge in [0, 0.05) is 19.1 Å². The molecule has 1 fully saturated rings. The summed E-state index contributed by atoms with van der Waals surface area (Å²) in [6.07, 6.45) is 3.24. The van der Waals surface area contributed by atoms with E-state index in [1.807, 2.05) is 4.90 Å². The number of carbonyl (C=O) groups is 1. The molecule has 1 heterocycles. The largest absolute Gasteiger partial charge is 0.341 e. The zero-order chi connectivity index (χ0) is 12.8. The van der Waals surface area contributed by atoms with E-state index in [0.717, 1.165) is 32.5 Å². The van der Waals surface area contributed by atoms with Crippen molar-refractivity contribution in [3.05, 3.63) is 0 Å². The van der Waals surface area contributed by atoms with Crippen LogP contribution in [0.1, 0.15) is 33.1 Å². The van der Waals surface area contributed by atoms with Gasteiger partial charge in [0.1, 0.15) is 0 Å². The lowest BCUT2D eigenvalue weighted by Crippen LogP contribution is -2.41. The van der Waals surface area contributed by atoms with Crippen LogP contribution in [0.4, 0.5) is 0 Å². The van der Waals surface area contributed by atoms with Gasteiger partial charge in [-0.1, -0.05) is 13.8 Å². The lowest BCUT2D eigenvalue weighted by molar-refractivity contribution is -0.129.